The molecule has 0 radical (unpaired) electrons. The van der Waals surface area contributed by atoms with E-state index in [9.17, 15) is 14.7 Å². The van der Waals surface area contributed by atoms with Crippen molar-refractivity contribution < 1.29 is 19.8 Å². The van der Waals surface area contributed by atoms with Gasteiger partial charge in [-0.3, -0.25) is 0 Å². The predicted octanol–water partition coefficient (Wildman–Crippen LogP) is 1.49. The summed E-state index contributed by atoms with van der Waals surface area (Å²) in [4.78, 5) is 22.8. The number of urea groups is 1. The van der Waals surface area contributed by atoms with Gasteiger partial charge in [0, 0.05) is 12.5 Å². The second-order valence-corrected chi connectivity index (χ2v) is 4.69. The van der Waals surface area contributed by atoms with E-state index in [2.05, 4.69) is 10.6 Å². The minimum atomic E-state index is -1.10. The van der Waals surface area contributed by atoms with Gasteiger partial charge < -0.3 is 20.8 Å². The van der Waals surface area contributed by atoms with Crippen molar-refractivity contribution in [3.8, 4) is 5.75 Å². The average Bonchev–Trinajstić information content (AvgIpc) is 2.40. The molecule has 2 atom stereocenters. The molecule has 0 aromatic heterocycles. The smallest absolute Gasteiger partial charge is 0.326 e. The fourth-order valence-corrected chi connectivity index (χ4v) is 1.59. The number of carboxylic acid groups (broad SMARTS) is 1. The lowest BCUT2D eigenvalue weighted by atomic mass is 10.1. The summed E-state index contributed by atoms with van der Waals surface area (Å²) in [5, 5.41) is 23.4. The van der Waals surface area contributed by atoms with Gasteiger partial charge in [-0.25, -0.2) is 9.59 Å². The summed E-state index contributed by atoms with van der Waals surface area (Å²) in [6.07, 6.45) is 0.923. The van der Waals surface area contributed by atoms with E-state index >= 15 is 0 Å². The third-order valence-corrected chi connectivity index (χ3v) is 2.97. The summed E-state index contributed by atoms with van der Waals surface area (Å²) in [5.74, 6) is -0.986. The van der Waals surface area contributed by atoms with Crippen LogP contribution in [0.25, 0.3) is 0 Å². The second-order valence-electron chi connectivity index (χ2n) is 4.69. The largest absolute Gasteiger partial charge is 0.508 e. The Morgan fingerprint density at radius 1 is 1.20 bits per heavy atom. The van der Waals surface area contributed by atoms with Crippen molar-refractivity contribution in [2.24, 2.45) is 0 Å². The number of aliphatic carboxylic acids is 1. The minimum absolute atomic E-state index is 0.0156. The van der Waals surface area contributed by atoms with Gasteiger partial charge in [0.05, 0.1) is 0 Å². The fourth-order valence-electron chi connectivity index (χ4n) is 1.59. The molecule has 0 saturated carbocycles. The zero-order valence-electron chi connectivity index (χ0n) is 11.6. The Hall–Kier alpha value is -2.24. The molecule has 0 spiro atoms. The van der Waals surface area contributed by atoms with Crippen LogP contribution in [0.2, 0.25) is 0 Å². The van der Waals surface area contributed by atoms with E-state index in [0.717, 1.165) is 12.0 Å². The van der Waals surface area contributed by atoms with Gasteiger partial charge >= 0.3 is 12.0 Å². The molecule has 6 nitrogen and oxygen atoms in total. The number of carboxylic acids is 1. The number of phenolic OH excluding ortho intramolecular Hbond substituents is 1. The van der Waals surface area contributed by atoms with Gasteiger partial charge in [-0.2, -0.15) is 0 Å². The average molecular weight is 280 g/mol. The molecule has 0 saturated heterocycles. The van der Waals surface area contributed by atoms with Crippen molar-refractivity contribution in [2.45, 2.75) is 38.8 Å². The van der Waals surface area contributed by atoms with Crippen LogP contribution in [0.5, 0.6) is 5.75 Å². The van der Waals surface area contributed by atoms with E-state index in [4.69, 9.17) is 5.11 Å². The van der Waals surface area contributed by atoms with Gasteiger partial charge in [0.2, 0.25) is 0 Å². The number of hydrogen-bond donors (Lipinski definition) is 4. The number of carbonyl (C=O) groups excluding carboxylic acids is 1. The third kappa shape index (κ3) is 5.17. The zero-order valence-corrected chi connectivity index (χ0v) is 11.6. The van der Waals surface area contributed by atoms with Gasteiger partial charge in [0.15, 0.2) is 0 Å². The Kier molecular flexibility index (Phi) is 5.83. The van der Waals surface area contributed by atoms with E-state index in [0.29, 0.717) is 0 Å². The summed E-state index contributed by atoms with van der Waals surface area (Å²) in [7, 11) is 0. The number of hydrogen-bond acceptors (Lipinski definition) is 3. The number of phenols is 1. The Balaban J connectivity index is 2.63. The summed E-state index contributed by atoms with van der Waals surface area (Å²) in [5.41, 5.74) is 0.721. The molecule has 1 unspecified atom stereocenters. The van der Waals surface area contributed by atoms with E-state index in [1.54, 1.807) is 12.1 Å². The summed E-state index contributed by atoms with van der Waals surface area (Å²) in [6.45, 7) is 3.77. The van der Waals surface area contributed by atoms with Crippen LogP contribution >= 0.6 is 0 Å². The van der Waals surface area contributed by atoms with Crippen LogP contribution in [0, 0.1) is 0 Å². The molecule has 2 amide bonds. The van der Waals surface area contributed by atoms with Crippen molar-refractivity contribution >= 4 is 12.0 Å². The van der Waals surface area contributed by atoms with Crippen LogP contribution in [-0.4, -0.2) is 34.3 Å². The molecule has 0 heterocycles. The molecule has 1 aromatic carbocycles. The van der Waals surface area contributed by atoms with Gasteiger partial charge in [-0.1, -0.05) is 19.1 Å². The third-order valence-electron chi connectivity index (χ3n) is 2.97. The van der Waals surface area contributed by atoms with Crippen LogP contribution in [0.4, 0.5) is 4.79 Å². The summed E-state index contributed by atoms with van der Waals surface area (Å²) in [6, 6.07) is 4.69. The first kappa shape index (κ1) is 15.8. The molecule has 6 heteroatoms. The van der Waals surface area contributed by atoms with Crippen LogP contribution in [-0.2, 0) is 11.2 Å². The zero-order chi connectivity index (χ0) is 15.1. The van der Waals surface area contributed by atoms with Crippen molar-refractivity contribution in [1.82, 2.24) is 10.6 Å². The molecule has 0 aliphatic carbocycles. The number of rotatable bonds is 6. The van der Waals surface area contributed by atoms with Crippen LogP contribution in [0.1, 0.15) is 25.8 Å². The van der Waals surface area contributed by atoms with Crippen LogP contribution < -0.4 is 10.6 Å². The maximum Gasteiger partial charge on any atom is 0.326 e. The molecule has 4 N–H and O–H groups in total. The van der Waals surface area contributed by atoms with E-state index in [1.165, 1.54) is 12.1 Å². The highest BCUT2D eigenvalue weighted by Crippen LogP contribution is 2.11. The lowest BCUT2D eigenvalue weighted by Crippen LogP contribution is -2.49. The lowest BCUT2D eigenvalue weighted by molar-refractivity contribution is -0.139. The Labute approximate surface area is 117 Å². The number of aromatic hydroxyl groups is 1. The molecular weight excluding hydrogens is 260 g/mol. The highest BCUT2D eigenvalue weighted by Gasteiger charge is 2.20. The van der Waals surface area contributed by atoms with E-state index in [1.807, 2.05) is 13.8 Å². The van der Waals surface area contributed by atoms with E-state index in [-0.39, 0.29) is 18.2 Å². The maximum atomic E-state index is 11.6. The standard InChI is InChI=1S/C14H20N2O4/c1-3-9(2)15-14(20)16-12(13(18)19)8-10-4-6-11(17)7-5-10/h4-7,9,12,17H,3,8H2,1-2H3,(H,18,19)(H2,15,16,20)/t9?,12-/m1/s1. The van der Waals surface area contributed by atoms with Crippen LogP contribution in [0.15, 0.2) is 24.3 Å². The molecule has 1 aromatic rings. The first-order valence-electron chi connectivity index (χ1n) is 6.50. The molecule has 0 aliphatic heterocycles. The number of nitrogens with one attached hydrogen (secondary N) is 2. The minimum Gasteiger partial charge on any atom is -0.508 e. The number of benzene rings is 1. The Bertz CT molecular complexity index is 459. The molecule has 20 heavy (non-hydrogen) atoms. The van der Waals surface area contributed by atoms with Gasteiger partial charge in [0.25, 0.3) is 0 Å². The van der Waals surface area contributed by atoms with E-state index < -0.39 is 18.0 Å². The van der Waals surface area contributed by atoms with Crippen molar-refractivity contribution in [3.63, 3.8) is 0 Å². The van der Waals surface area contributed by atoms with Gasteiger partial charge in [-0.15, -0.1) is 0 Å². The maximum absolute atomic E-state index is 11.6. The summed E-state index contributed by atoms with van der Waals surface area (Å²) >= 11 is 0. The van der Waals surface area contributed by atoms with Crippen molar-refractivity contribution in [2.75, 3.05) is 0 Å². The molecule has 110 valence electrons. The Morgan fingerprint density at radius 2 is 1.80 bits per heavy atom. The topological polar surface area (TPSA) is 98.7 Å². The SMILES string of the molecule is CCC(C)NC(=O)N[C@H](Cc1ccc(O)cc1)C(=O)O. The van der Waals surface area contributed by atoms with Gasteiger partial charge in [0.1, 0.15) is 11.8 Å². The highest BCUT2D eigenvalue weighted by molar-refractivity contribution is 5.82. The van der Waals surface area contributed by atoms with Crippen molar-refractivity contribution in [1.29, 1.82) is 0 Å². The number of carbonyl (C=O) groups is 2. The molecule has 0 bridgehead atoms. The highest BCUT2D eigenvalue weighted by atomic mass is 16.4. The molecular formula is C14H20N2O4. The van der Waals surface area contributed by atoms with Crippen LogP contribution in [0.3, 0.4) is 0 Å². The van der Waals surface area contributed by atoms with Crippen molar-refractivity contribution in [3.05, 3.63) is 29.8 Å². The fraction of sp³-hybridized carbons (Fsp3) is 0.429. The predicted molar refractivity (Wildman–Crippen MR) is 74.7 cm³/mol. The monoisotopic (exact) mass is 280 g/mol. The molecule has 0 aliphatic rings. The first-order chi connectivity index (χ1) is 9.42. The number of amides is 2. The quantitative estimate of drug-likeness (QED) is 0.634. The lowest BCUT2D eigenvalue weighted by Gasteiger charge is -2.17. The Morgan fingerprint density at radius 3 is 2.30 bits per heavy atom. The molecule has 0 fully saturated rings. The summed E-state index contributed by atoms with van der Waals surface area (Å²) < 4.78 is 0. The normalized spacial score (nSPS) is 13.3. The van der Waals surface area contributed by atoms with Gasteiger partial charge in [-0.05, 0) is 31.0 Å². The second kappa shape index (κ2) is 7.37. The molecule has 1 rings (SSSR count). The first-order valence-corrected chi connectivity index (χ1v) is 6.50.